The molecule has 0 aromatic carbocycles. The second-order valence-electron chi connectivity index (χ2n) is 2.38. The van der Waals surface area contributed by atoms with Gasteiger partial charge in [-0.25, -0.2) is 0 Å². The topological polar surface area (TPSA) is 80.9 Å². The summed E-state index contributed by atoms with van der Waals surface area (Å²) in [4.78, 5) is 0. The van der Waals surface area contributed by atoms with Crippen molar-refractivity contribution in [3.63, 3.8) is 0 Å². The molecule has 0 bridgehead atoms. The van der Waals surface area contributed by atoms with Gasteiger partial charge in [0.2, 0.25) is 0 Å². The van der Waals surface area contributed by atoms with E-state index < -0.39 is 18.3 Å². The van der Waals surface area contributed by atoms with Crippen LogP contribution in [0.15, 0.2) is 0 Å². The van der Waals surface area contributed by atoms with Crippen LogP contribution in [0.5, 0.6) is 0 Å². The van der Waals surface area contributed by atoms with Gasteiger partial charge < -0.3 is 20.4 Å². The largest absolute Gasteiger partial charge is 0.394 e. The molecule has 0 radical (unpaired) electrons. The first-order chi connectivity index (χ1) is 4.57. The summed E-state index contributed by atoms with van der Waals surface area (Å²) < 4.78 is 0. The van der Waals surface area contributed by atoms with E-state index >= 15 is 0 Å². The smallest absolute Gasteiger partial charge is 0.0821 e. The van der Waals surface area contributed by atoms with Crippen molar-refractivity contribution in [1.29, 1.82) is 0 Å². The Morgan fingerprint density at radius 3 is 2.00 bits per heavy atom. The van der Waals surface area contributed by atoms with Crippen LogP contribution in [0.1, 0.15) is 13.3 Å². The van der Waals surface area contributed by atoms with E-state index in [4.69, 9.17) is 20.4 Å². The summed E-state index contributed by atoms with van der Waals surface area (Å²) >= 11 is 0. The van der Waals surface area contributed by atoms with E-state index in [1.807, 2.05) is 0 Å². The highest BCUT2D eigenvalue weighted by Gasteiger charge is 2.14. The molecule has 0 aliphatic carbocycles. The monoisotopic (exact) mass is 150 g/mol. The van der Waals surface area contributed by atoms with Gasteiger partial charge in [-0.05, 0) is 6.92 Å². The van der Waals surface area contributed by atoms with Gasteiger partial charge in [-0.2, -0.15) is 0 Å². The zero-order valence-corrected chi connectivity index (χ0v) is 5.94. The Morgan fingerprint density at radius 2 is 1.70 bits per heavy atom. The predicted octanol–water partition coefficient (Wildman–Crippen LogP) is -1.53. The minimum absolute atomic E-state index is 0.00810. The third-order valence-corrected chi connectivity index (χ3v) is 1.28. The van der Waals surface area contributed by atoms with Crippen molar-refractivity contribution in [1.82, 2.24) is 0 Å². The van der Waals surface area contributed by atoms with E-state index in [2.05, 4.69) is 0 Å². The number of aliphatic hydroxyl groups is 4. The molecule has 10 heavy (non-hydrogen) atoms. The van der Waals surface area contributed by atoms with Gasteiger partial charge in [-0.1, -0.05) is 0 Å². The van der Waals surface area contributed by atoms with Crippen molar-refractivity contribution in [2.24, 2.45) is 0 Å². The van der Waals surface area contributed by atoms with Crippen molar-refractivity contribution in [2.45, 2.75) is 31.7 Å². The van der Waals surface area contributed by atoms with E-state index in [0.29, 0.717) is 0 Å². The van der Waals surface area contributed by atoms with Gasteiger partial charge in [0.25, 0.3) is 0 Å². The lowest BCUT2D eigenvalue weighted by atomic mass is 10.1. The molecule has 0 fully saturated rings. The lowest BCUT2D eigenvalue weighted by molar-refractivity contribution is -0.0157. The molecule has 4 N–H and O–H groups in total. The molecule has 3 atom stereocenters. The van der Waals surface area contributed by atoms with Gasteiger partial charge in [0, 0.05) is 6.42 Å². The number of rotatable bonds is 4. The lowest BCUT2D eigenvalue weighted by Gasteiger charge is -2.15. The molecule has 0 saturated carbocycles. The zero-order valence-electron chi connectivity index (χ0n) is 5.94. The molecule has 0 aromatic rings. The van der Waals surface area contributed by atoms with E-state index in [1.54, 1.807) is 0 Å². The third-order valence-electron chi connectivity index (χ3n) is 1.28. The van der Waals surface area contributed by atoms with Gasteiger partial charge >= 0.3 is 0 Å². The molecule has 4 nitrogen and oxygen atoms in total. The van der Waals surface area contributed by atoms with Crippen LogP contribution < -0.4 is 0 Å². The van der Waals surface area contributed by atoms with Crippen LogP contribution in [0.3, 0.4) is 0 Å². The van der Waals surface area contributed by atoms with Crippen LogP contribution >= 0.6 is 0 Å². The van der Waals surface area contributed by atoms with Crippen LogP contribution in [-0.4, -0.2) is 45.3 Å². The van der Waals surface area contributed by atoms with Crippen molar-refractivity contribution >= 4 is 0 Å². The first-order valence-electron chi connectivity index (χ1n) is 3.23. The molecular formula is C6H14O4. The number of hydrogen-bond acceptors (Lipinski definition) is 4. The van der Waals surface area contributed by atoms with Gasteiger partial charge in [0.1, 0.15) is 0 Å². The fourth-order valence-corrected chi connectivity index (χ4v) is 0.550. The lowest BCUT2D eigenvalue weighted by Crippen LogP contribution is -2.29. The molecule has 0 heterocycles. The van der Waals surface area contributed by atoms with Gasteiger partial charge in [-0.3, -0.25) is 0 Å². The molecule has 0 aliphatic heterocycles. The van der Waals surface area contributed by atoms with Gasteiger partial charge in [0.05, 0.1) is 24.9 Å². The molecule has 62 valence electrons. The Hall–Kier alpha value is -0.160. The summed E-state index contributed by atoms with van der Waals surface area (Å²) in [6.07, 6.45) is -2.75. The van der Waals surface area contributed by atoms with Crippen molar-refractivity contribution in [3.8, 4) is 0 Å². The predicted molar refractivity (Wildman–Crippen MR) is 35.4 cm³/mol. The fourth-order valence-electron chi connectivity index (χ4n) is 0.550. The minimum atomic E-state index is -0.956. The Kier molecular flexibility index (Phi) is 4.55. The van der Waals surface area contributed by atoms with E-state index in [9.17, 15) is 0 Å². The zero-order chi connectivity index (χ0) is 8.15. The summed E-state index contributed by atoms with van der Waals surface area (Å²) in [6.45, 7) is 1.04. The Balaban J connectivity index is 3.46. The summed E-state index contributed by atoms with van der Waals surface area (Å²) in [5.74, 6) is 0. The first kappa shape index (κ1) is 9.84. The highest BCUT2D eigenvalue weighted by Crippen LogP contribution is 2.01. The summed E-state index contributed by atoms with van der Waals surface area (Å²) in [6, 6.07) is 0. The molecular weight excluding hydrogens is 136 g/mol. The minimum Gasteiger partial charge on any atom is -0.394 e. The highest BCUT2D eigenvalue weighted by molar-refractivity contribution is 4.66. The van der Waals surface area contributed by atoms with E-state index in [1.165, 1.54) is 6.92 Å². The van der Waals surface area contributed by atoms with Crippen LogP contribution in [0.4, 0.5) is 0 Å². The van der Waals surface area contributed by atoms with Crippen LogP contribution in [0.2, 0.25) is 0 Å². The maximum absolute atomic E-state index is 8.91. The maximum Gasteiger partial charge on any atom is 0.0821 e. The first-order valence-corrected chi connectivity index (χ1v) is 3.23. The summed E-state index contributed by atoms with van der Waals surface area (Å²) in [5.41, 5.74) is 0. The Labute approximate surface area is 59.7 Å². The summed E-state index contributed by atoms with van der Waals surface area (Å²) in [5, 5.41) is 34.7. The quantitative estimate of drug-likeness (QED) is 0.392. The average molecular weight is 150 g/mol. The highest BCUT2D eigenvalue weighted by atomic mass is 16.3. The summed E-state index contributed by atoms with van der Waals surface area (Å²) in [7, 11) is 0. The fraction of sp³-hybridized carbons (Fsp3) is 1.00. The standard InChI is InChI=1S/C6H14O4/c1-4(8)6(10)2-5(9)3-7/h4-10H,2-3H2,1H3/t4-,5+,6+/m1/s1. The molecule has 0 saturated heterocycles. The van der Waals surface area contributed by atoms with Crippen molar-refractivity contribution in [2.75, 3.05) is 6.61 Å². The average Bonchev–Trinajstić information content (AvgIpc) is 1.87. The van der Waals surface area contributed by atoms with Crippen molar-refractivity contribution in [3.05, 3.63) is 0 Å². The van der Waals surface area contributed by atoms with Crippen LogP contribution in [-0.2, 0) is 0 Å². The van der Waals surface area contributed by atoms with E-state index in [0.717, 1.165) is 0 Å². The second kappa shape index (κ2) is 4.62. The Bertz CT molecular complexity index is 83.8. The van der Waals surface area contributed by atoms with Crippen molar-refractivity contribution < 1.29 is 20.4 Å². The van der Waals surface area contributed by atoms with Gasteiger partial charge in [-0.15, -0.1) is 0 Å². The molecule has 0 rings (SSSR count). The SMILES string of the molecule is C[C@@H](O)[C@@H](O)C[C@H](O)CO. The Morgan fingerprint density at radius 1 is 1.20 bits per heavy atom. The molecule has 0 amide bonds. The van der Waals surface area contributed by atoms with E-state index in [-0.39, 0.29) is 13.0 Å². The molecule has 4 heteroatoms. The second-order valence-corrected chi connectivity index (χ2v) is 2.38. The van der Waals surface area contributed by atoms with Gasteiger partial charge in [0.15, 0.2) is 0 Å². The number of aliphatic hydroxyl groups excluding tert-OH is 4. The normalized spacial score (nSPS) is 20.1. The molecule has 0 aliphatic rings. The maximum atomic E-state index is 8.91. The molecule has 0 spiro atoms. The van der Waals surface area contributed by atoms with Crippen LogP contribution in [0.25, 0.3) is 0 Å². The molecule has 0 aromatic heterocycles. The third kappa shape index (κ3) is 3.79. The van der Waals surface area contributed by atoms with Crippen LogP contribution in [0, 0.1) is 0 Å². The molecule has 0 unspecified atom stereocenters. The number of hydrogen-bond donors (Lipinski definition) is 4.